The third kappa shape index (κ3) is 13.1. The lowest BCUT2D eigenvalue weighted by Crippen LogP contribution is -2.55. The van der Waals surface area contributed by atoms with Crippen molar-refractivity contribution in [2.45, 2.75) is 143 Å². The van der Waals surface area contributed by atoms with Crippen molar-refractivity contribution in [3.05, 3.63) is 124 Å². The minimum atomic E-state index is -4.46. The SMILES string of the molecule is CC[C@@H]1C(=O)N(C)c2cnc(CC(=O)c3ccc(C(F)(F)F)cc3)nc2N1C(C)C.CC[C@@H]1C(=O)N(C)c2cnc(CC(=O)c3ccc(F)cc3)nc2N1C(C)C.CC[C@@H]1C(=O)N(C)c2cnc(CC(=O)c3nccs3)nc2N1C(C)C. The van der Waals surface area contributed by atoms with Crippen LogP contribution in [-0.2, 0) is 39.8 Å². The molecular formula is C58H67F4N13O6S. The third-order valence-electron chi connectivity index (χ3n) is 14.2. The summed E-state index contributed by atoms with van der Waals surface area (Å²) in [7, 11) is 5.12. The number of nitrogens with zero attached hydrogens (tertiary/aromatic N) is 13. The van der Waals surface area contributed by atoms with Crippen molar-refractivity contribution >= 4 is 80.9 Å². The zero-order valence-electron chi connectivity index (χ0n) is 47.9. The van der Waals surface area contributed by atoms with Crippen molar-refractivity contribution in [1.82, 2.24) is 34.9 Å². The van der Waals surface area contributed by atoms with Crippen molar-refractivity contribution in [1.29, 1.82) is 0 Å². The fourth-order valence-electron chi connectivity index (χ4n) is 10.0. The molecular weight excluding hydrogens is 1080 g/mol. The summed E-state index contributed by atoms with van der Waals surface area (Å²) in [5.41, 5.74) is 1.63. The highest BCUT2D eigenvalue weighted by Gasteiger charge is 2.41. The summed E-state index contributed by atoms with van der Waals surface area (Å²) in [4.78, 5) is 116. The van der Waals surface area contributed by atoms with Crippen molar-refractivity contribution in [3.63, 3.8) is 0 Å². The molecule has 0 saturated carbocycles. The Labute approximate surface area is 477 Å². The van der Waals surface area contributed by atoms with Crippen LogP contribution in [0.3, 0.4) is 0 Å². The summed E-state index contributed by atoms with van der Waals surface area (Å²) in [5, 5.41) is 2.23. The van der Waals surface area contributed by atoms with Gasteiger partial charge in [0.1, 0.15) is 58.5 Å². The fourth-order valence-corrected chi connectivity index (χ4v) is 10.6. The second kappa shape index (κ2) is 25.8. The first-order valence-corrected chi connectivity index (χ1v) is 27.9. The number of aromatic nitrogens is 7. The number of carbonyl (C=O) groups is 6. The summed E-state index contributed by atoms with van der Waals surface area (Å²) in [6.45, 7) is 17.9. The second-order valence-corrected chi connectivity index (χ2v) is 21.6. The smallest absolute Gasteiger partial charge is 0.340 e. The number of benzene rings is 2. The average molecular weight is 1150 g/mol. The summed E-state index contributed by atoms with van der Waals surface area (Å²) >= 11 is 1.31. The average Bonchev–Trinajstić information content (AvgIpc) is 3.96. The molecule has 0 spiro atoms. The van der Waals surface area contributed by atoms with Crippen molar-refractivity contribution in [3.8, 4) is 0 Å². The molecule has 6 aromatic rings. The van der Waals surface area contributed by atoms with Crippen LogP contribution in [0, 0.1) is 5.82 Å². The number of halogens is 4. The van der Waals surface area contributed by atoms with Gasteiger partial charge in [0.25, 0.3) is 0 Å². The number of anilines is 6. The highest BCUT2D eigenvalue weighted by Crippen LogP contribution is 2.39. The van der Waals surface area contributed by atoms with Gasteiger partial charge in [0.05, 0.1) is 43.4 Å². The first kappa shape index (κ1) is 61.5. The maximum atomic E-state index is 13.0. The Hall–Kier alpha value is -8.15. The molecule has 7 heterocycles. The van der Waals surface area contributed by atoms with Gasteiger partial charge in [-0.3, -0.25) is 28.8 Å². The van der Waals surface area contributed by atoms with Gasteiger partial charge in [0.15, 0.2) is 39.8 Å². The number of alkyl halides is 3. The van der Waals surface area contributed by atoms with Gasteiger partial charge < -0.3 is 29.4 Å². The summed E-state index contributed by atoms with van der Waals surface area (Å²) in [6.07, 6.45) is 3.80. The topological polar surface area (TPSA) is 212 Å². The number of rotatable bonds is 15. The van der Waals surface area contributed by atoms with Crippen LogP contribution < -0.4 is 29.4 Å². The van der Waals surface area contributed by atoms with E-state index in [-0.39, 0.29) is 108 Å². The van der Waals surface area contributed by atoms with E-state index in [2.05, 4.69) is 34.9 Å². The molecule has 0 aliphatic carbocycles. The molecule has 19 nitrogen and oxygen atoms in total. The number of amides is 3. The van der Waals surface area contributed by atoms with Crippen LogP contribution in [0.2, 0.25) is 0 Å². The Morgan fingerprint density at radius 2 is 0.854 bits per heavy atom. The third-order valence-corrected chi connectivity index (χ3v) is 15.0. The van der Waals surface area contributed by atoms with Gasteiger partial charge in [-0.2, -0.15) is 13.2 Å². The van der Waals surface area contributed by atoms with E-state index in [9.17, 15) is 46.3 Å². The van der Waals surface area contributed by atoms with Gasteiger partial charge in [-0.25, -0.2) is 39.3 Å². The zero-order chi connectivity index (χ0) is 60.1. The number of Topliss-reactive ketones (excluding diaryl/α,β-unsaturated/α-hetero) is 3. The van der Waals surface area contributed by atoms with E-state index in [1.54, 1.807) is 54.9 Å². The van der Waals surface area contributed by atoms with Crippen LogP contribution in [0.25, 0.3) is 0 Å². The Morgan fingerprint density at radius 3 is 1.15 bits per heavy atom. The Morgan fingerprint density at radius 1 is 0.524 bits per heavy atom. The molecule has 24 heteroatoms. The van der Waals surface area contributed by atoms with Gasteiger partial charge in [0, 0.05) is 62.0 Å². The van der Waals surface area contributed by atoms with E-state index in [4.69, 9.17) is 0 Å². The minimum Gasteiger partial charge on any atom is -0.340 e. The van der Waals surface area contributed by atoms with Crippen LogP contribution in [-0.4, -0.2) is 127 Å². The molecule has 0 N–H and O–H groups in total. The van der Waals surface area contributed by atoms with Crippen LogP contribution in [0.5, 0.6) is 0 Å². The molecule has 3 amide bonds. The quantitative estimate of drug-likeness (QED) is 0.0692. The number of ketones is 3. The van der Waals surface area contributed by atoms with Crippen LogP contribution in [0.15, 0.2) is 78.7 Å². The molecule has 3 atom stereocenters. The second-order valence-electron chi connectivity index (χ2n) is 20.7. The highest BCUT2D eigenvalue weighted by molar-refractivity contribution is 7.11. The Bertz CT molecular complexity index is 3310. The van der Waals surface area contributed by atoms with E-state index in [1.807, 2.05) is 77.0 Å². The summed E-state index contributed by atoms with van der Waals surface area (Å²) in [5.74, 6) is 1.98. The predicted molar refractivity (Wildman–Crippen MR) is 305 cm³/mol. The van der Waals surface area contributed by atoms with Crippen molar-refractivity contribution < 1.29 is 46.3 Å². The molecule has 3 aliphatic rings. The number of carbonyl (C=O) groups excluding carboxylic acids is 6. The molecule has 82 heavy (non-hydrogen) atoms. The van der Waals surface area contributed by atoms with E-state index in [1.165, 1.54) is 46.7 Å². The largest absolute Gasteiger partial charge is 0.416 e. The number of fused-ring (bicyclic) bond motifs is 3. The lowest BCUT2D eigenvalue weighted by Gasteiger charge is -2.42. The zero-order valence-corrected chi connectivity index (χ0v) is 48.7. The van der Waals surface area contributed by atoms with Gasteiger partial charge in [0.2, 0.25) is 17.7 Å². The molecule has 4 aromatic heterocycles. The summed E-state index contributed by atoms with van der Waals surface area (Å²) < 4.78 is 51.2. The van der Waals surface area contributed by atoms with Gasteiger partial charge in [-0.15, -0.1) is 11.3 Å². The van der Waals surface area contributed by atoms with E-state index >= 15 is 0 Å². The van der Waals surface area contributed by atoms with Crippen LogP contribution in [0.4, 0.5) is 52.1 Å². The van der Waals surface area contributed by atoms with Crippen LogP contribution >= 0.6 is 11.3 Å². The van der Waals surface area contributed by atoms with Gasteiger partial charge >= 0.3 is 6.18 Å². The maximum absolute atomic E-state index is 13.0. The first-order valence-electron chi connectivity index (χ1n) is 27.0. The van der Waals surface area contributed by atoms with Crippen molar-refractivity contribution in [2.75, 3.05) is 50.5 Å². The predicted octanol–water partition coefficient (Wildman–Crippen LogP) is 9.23. The molecule has 3 aliphatic heterocycles. The number of hydrogen-bond acceptors (Lipinski definition) is 17. The lowest BCUT2D eigenvalue weighted by atomic mass is 10.0. The Balaban J connectivity index is 0.000000178. The Kier molecular flexibility index (Phi) is 19.3. The molecule has 0 radical (unpaired) electrons. The molecule has 0 bridgehead atoms. The van der Waals surface area contributed by atoms with E-state index in [0.29, 0.717) is 76.0 Å². The number of thiazole rings is 1. The van der Waals surface area contributed by atoms with E-state index in [0.717, 1.165) is 24.3 Å². The van der Waals surface area contributed by atoms with E-state index < -0.39 is 11.7 Å². The number of hydrogen-bond donors (Lipinski definition) is 0. The standard InChI is InChI=1S/C21H23F3N4O2.C20H23FN4O2.C17H21N5O2S/c1-5-15-20(30)27(4)16-11-25-18(26-19(16)28(15)12(2)3)10-17(29)13-6-8-14(9-7-13)21(22,23)24;1-5-15-20(27)24(4)16-11-22-18(23-19(16)25(15)12(2)3)10-17(26)13-6-8-14(21)9-7-13;1-5-11-17(24)21(4)12-9-19-14(20-15(12)22(11)10(2)3)8-13(23)16-18-6-7-25-16/h6-9,11-12,15H,5,10H2,1-4H3;6-9,11-12,15H,5,10H2,1-4H3;6-7,9-11H,5,8H2,1-4H3/t2*15-;11-/m111/s1. The monoisotopic (exact) mass is 1150 g/mol. The fraction of sp³-hybridized carbons (Fsp3) is 0.431. The van der Waals surface area contributed by atoms with Crippen molar-refractivity contribution in [2.24, 2.45) is 0 Å². The molecule has 2 aromatic carbocycles. The molecule has 0 unspecified atom stereocenters. The maximum Gasteiger partial charge on any atom is 0.416 e. The summed E-state index contributed by atoms with van der Waals surface area (Å²) in [6, 6.07) is 8.77. The number of likely N-dealkylation sites (N-methyl/N-ethyl adjacent to an activating group) is 3. The molecule has 9 rings (SSSR count). The minimum absolute atomic E-state index is 0.000264. The lowest BCUT2D eigenvalue weighted by molar-refractivity contribution is -0.137. The van der Waals surface area contributed by atoms with Gasteiger partial charge in [-0.05, 0) is 97.2 Å². The highest BCUT2D eigenvalue weighted by atomic mass is 32.1. The first-order chi connectivity index (χ1) is 38.8. The molecule has 0 saturated heterocycles. The van der Waals surface area contributed by atoms with Crippen LogP contribution in [0.1, 0.15) is 135 Å². The molecule has 0 fully saturated rings. The van der Waals surface area contributed by atoms with Gasteiger partial charge in [-0.1, -0.05) is 32.9 Å². The normalized spacial score (nSPS) is 16.9. The molecule has 434 valence electrons.